The first kappa shape index (κ1) is 13.8. The van der Waals surface area contributed by atoms with Crippen LogP contribution in [-0.4, -0.2) is 4.98 Å². The van der Waals surface area contributed by atoms with Crippen molar-refractivity contribution in [2.75, 3.05) is 5.73 Å². The first-order valence-electron chi connectivity index (χ1n) is 6.33. The second-order valence-electron chi connectivity index (χ2n) is 4.72. The van der Waals surface area contributed by atoms with Crippen LogP contribution >= 0.6 is 11.8 Å². The first-order chi connectivity index (χ1) is 10.0. The van der Waals surface area contributed by atoms with Crippen LogP contribution in [0, 0.1) is 18.6 Å². The molecule has 0 spiro atoms. The normalized spacial score (nSPS) is 11.0. The summed E-state index contributed by atoms with van der Waals surface area (Å²) in [4.78, 5) is 4.39. The third-order valence-electron chi connectivity index (χ3n) is 3.09. The SMILES string of the molecule is Cc1cc2ccccc2nc1Sc1c(F)cc(N)cc1F. The number of hydrogen-bond acceptors (Lipinski definition) is 3. The summed E-state index contributed by atoms with van der Waals surface area (Å²) in [6, 6.07) is 11.8. The van der Waals surface area contributed by atoms with Crippen LogP contribution in [0.5, 0.6) is 0 Å². The van der Waals surface area contributed by atoms with E-state index in [1.807, 2.05) is 37.3 Å². The highest BCUT2D eigenvalue weighted by atomic mass is 32.2. The minimum atomic E-state index is -0.674. The van der Waals surface area contributed by atoms with Gasteiger partial charge in [-0.2, -0.15) is 0 Å². The van der Waals surface area contributed by atoms with Gasteiger partial charge in [0.25, 0.3) is 0 Å². The van der Waals surface area contributed by atoms with Crippen molar-refractivity contribution in [3.8, 4) is 0 Å². The van der Waals surface area contributed by atoms with E-state index < -0.39 is 11.6 Å². The molecule has 0 fully saturated rings. The van der Waals surface area contributed by atoms with Crippen molar-refractivity contribution in [1.82, 2.24) is 4.98 Å². The highest BCUT2D eigenvalue weighted by Crippen LogP contribution is 2.34. The van der Waals surface area contributed by atoms with Gasteiger partial charge in [-0.15, -0.1) is 0 Å². The van der Waals surface area contributed by atoms with Gasteiger partial charge in [0.05, 0.1) is 10.4 Å². The van der Waals surface area contributed by atoms with E-state index in [9.17, 15) is 8.78 Å². The van der Waals surface area contributed by atoms with Crippen molar-refractivity contribution in [3.05, 3.63) is 59.7 Å². The Morgan fingerprint density at radius 1 is 1.05 bits per heavy atom. The van der Waals surface area contributed by atoms with Gasteiger partial charge in [-0.3, -0.25) is 0 Å². The second kappa shape index (κ2) is 5.33. The van der Waals surface area contributed by atoms with Gasteiger partial charge in [-0.25, -0.2) is 13.8 Å². The first-order valence-corrected chi connectivity index (χ1v) is 7.15. The average molecular weight is 302 g/mol. The number of fused-ring (bicyclic) bond motifs is 1. The summed E-state index contributed by atoms with van der Waals surface area (Å²) in [7, 11) is 0. The number of rotatable bonds is 2. The van der Waals surface area contributed by atoms with Crippen molar-refractivity contribution in [2.24, 2.45) is 0 Å². The summed E-state index contributed by atoms with van der Waals surface area (Å²) in [5.41, 5.74) is 7.15. The van der Waals surface area contributed by atoms with Crippen LogP contribution in [0.25, 0.3) is 10.9 Å². The molecule has 0 aliphatic heterocycles. The fourth-order valence-corrected chi connectivity index (χ4v) is 2.95. The van der Waals surface area contributed by atoms with Gasteiger partial charge in [0, 0.05) is 11.1 Å². The lowest BCUT2D eigenvalue weighted by molar-refractivity contribution is 0.541. The standard InChI is InChI=1S/C16H12F2N2S/c1-9-6-10-4-2-3-5-14(10)20-16(9)21-15-12(17)7-11(19)8-13(15)18/h2-8H,19H2,1H3. The Bertz CT molecular complexity index is 811. The summed E-state index contributed by atoms with van der Waals surface area (Å²) < 4.78 is 27.7. The van der Waals surface area contributed by atoms with E-state index in [1.165, 1.54) is 0 Å². The number of aryl methyl sites for hydroxylation is 1. The highest BCUT2D eigenvalue weighted by molar-refractivity contribution is 7.99. The zero-order valence-corrected chi connectivity index (χ0v) is 12.0. The van der Waals surface area contributed by atoms with Crippen molar-refractivity contribution in [3.63, 3.8) is 0 Å². The van der Waals surface area contributed by atoms with Gasteiger partial charge in [0.1, 0.15) is 16.7 Å². The largest absolute Gasteiger partial charge is 0.399 e. The summed E-state index contributed by atoms with van der Waals surface area (Å²) in [5, 5.41) is 1.58. The Balaban J connectivity index is 2.08. The number of anilines is 1. The number of pyridine rings is 1. The van der Waals surface area contributed by atoms with E-state index in [1.54, 1.807) is 0 Å². The monoisotopic (exact) mass is 302 g/mol. The number of para-hydroxylation sites is 1. The number of halogens is 2. The van der Waals surface area contributed by atoms with Crippen LogP contribution in [0.2, 0.25) is 0 Å². The molecule has 106 valence electrons. The molecule has 0 saturated carbocycles. The molecule has 1 heterocycles. The van der Waals surface area contributed by atoms with Crippen LogP contribution in [0.4, 0.5) is 14.5 Å². The Hall–Kier alpha value is -2.14. The van der Waals surface area contributed by atoms with Crippen LogP contribution in [0.3, 0.4) is 0 Å². The van der Waals surface area contributed by atoms with E-state index in [0.717, 1.165) is 40.4 Å². The van der Waals surface area contributed by atoms with Gasteiger partial charge in [0.2, 0.25) is 0 Å². The zero-order chi connectivity index (χ0) is 15.0. The predicted molar refractivity (Wildman–Crippen MR) is 81.4 cm³/mol. The quantitative estimate of drug-likeness (QED) is 0.706. The Morgan fingerprint density at radius 2 is 1.71 bits per heavy atom. The van der Waals surface area contributed by atoms with Crippen molar-refractivity contribution < 1.29 is 8.78 Å². The van der Waals surface area contributed by atoms with Crippen LogP contribution < -0.4 is 5.73 Å². The van der Waals surface area contributed by atoms with Crippen molar-refractivity contribution >= 4 is 28.4 Å². The number of nitrogen functional groups attached to an aromatic ring is 1. The van der Waals surface area contributed by atoms with Crippen molar-refractivity contribution in [1.29, 1.82) is 0 Å². The van der Waals surface area contributed by atoms with Gasteiger partial charge in [-0.05, 0) is 36.8 Å². The average Bonchev–Trinajstić information content (AvgIpc) is 2.43. The van der Waals surface area contributed by atoms with Crippen LogP contribution in [0.15, 0.2) is 52.4 Å². The molecular formula is C16H12F2N2S. The third-order valence-corrected chi connectivity index (χ3v) is 4.29. The number of benzene rings is 2. The second-order valence-corrected chi connectivity index (χ2v) is 5.72. The lowest BCUT2D eigenvalue weighted by Crippen LogP contribution is -1.95. The molecular weight excluding hydrogens is 290 g/mol. The maximum atomic E-state index is 13.9. The molecule has 3 rings (SSSR count). The molecule has 0 bridgehead atoms. The number of nitrogens with zero attached hydrogens (tertiary/aromatic N) is 1. The molecule has 0 unspecified atom stereocenters. The molecule has 0 amide bonds. The molecule has 2 aromatic carbocycles. The Kier molecular flexibility index (Phi) is 3.51. The van der Waals surface area contributed by atoms with Gasteiger partial charge in [-0.1, -0.05) is 30.0 Å². The molecule has 2 N–H and O–H groups in total. The molecule has 0 aliphatic rings. The van der Waals surface area contributed by atoms with Gasteiger partial charge < -0.3 is 5.73 Å². The van der Waals surface area contributed by atoms with E-state index in [4.69, 9.17) is 5.73 Å². The number of hydrogen-bond donors (Lipinski definition) is 1. The lowest BCUT2D eigenvalue weighted by atomic mass is 10.2. The summed E-state index contributed by atoms with van der Waals surface area (Å²) in [5.74, 6) is -1.35. The highest BCUT2D eigenvalue weighted by Gasteiger charge is 2.14. The van der Waals surface area contributed by atoms with Gasteiger partial charge in [0.15, 0.2) is 0 Å². The molecule has 2 nitrogen and oxygen atoms in total. The molecule has 5 heteroatoms. The number of aromatic nitrogens is 1. The maximum Gasteiger partial charge on any atom is 0.142 e. The third kappa shape index (κ3) is 2.69. The van der Waals surface area contributed by atoms with Gasteiger partial charge >= 0.3 is 0 Å². The Morgan fingerprint density at radius 3 is 2.43 bits per heavy atom. The fourth-order valence-electron chi connectivity index (χ4n) is 2.08. The van der Waals surface area contributed by atoms with Crippen LogP contribution in [0.1, 0.15) is 5.56 Å². The molecule has 3 aromatic rings. The van der Waals surface area contributed by atoms with E-state index in [-0.39, 0.29) is 10.6 Å². The van der Waals surface area contributed by atoms with Crippen molar-refractivity contribution in [2.45, 2.75) is 16.8 Å². The minimum Gasteiger partial charge on any atom is -0.399 e. The predicted octanol–water partition coefficient (Wildman–Crippen LogP) is 4.55. The topological polar surface area (TPSA) is 38.9 Å². The van der Waals surface area contributed by atoms with Crippen LogP contribution in [-0.2, 0) is 0 Å². The molecule has 0 radical (unpaired) electrons. The number of nitrogens with two attached hydrogens (primary N) is 1. The van der Waals surface area contributed by atoms with E-state index in [2.05, 4.69) is 4.98 Å². The zero-order valence-electron chi connectivity index (χ0n) is 11.2. The molecule has 1 aromatic heterocycles. The lowest BCUT2D eigenvalue weighted by Gasteiger charge is -2.09. The smallest absolute Gasteiger partial charge is 0.142 e. The summed E-state index contributed by atoms with van der Waals surface area (Å²) >= 11 is 0.974. The minimum absolute atomic E-state index is 0.0672. The molecule has 21 heavy (non-hydrogen) atoms. The fraction of sp³-hybridized carbons (Fsp3) is 0.0625. The summed E-state index contributed by atoms with van der Waals surface area (Å²) in [6.07, 6.45) is 0. The molecule has 0 atom stereocenters. The summed E-state index contributed by atoms with van der Waals surface area (Å²) in [6.45, 7) is 1.87. The Labute approximate surface area is 125 Å². The molecule has 0 saturated heterocycles. The maximum absolute atomic E-state index is 13.9. The molecule has 0 aliphatic carbocycles. The van der Waals surface area contributed by atoms with E-state index in [0.29, 0.717) is 5.03 Å². The van der Waals surface area contributed by atoms with E-state index >= 15 is 0 Å².